The van der Waals surface area contributed by atoms with Crippen molar-refractivity contribution in [1.82, 2.24) is 20.4 Å². The Morgan fingerprint density at radius 1 is 1.32 bits per heavy atom. The Labute approximate surface area is 130 Å². The Balaban J connectivity index is 1.38. The van der Waals surface area contributed by atoms with E-state index in [-0.39, 0.29) is 5.91 Å². The number of likely N-dealkylation sites (tertiary alicyclic amines) is 1. The van der Waals surface area contributed by atoms with E-state index >= 15 is 0 Å². The molecule has 0 aliphatic carbocycles. The van der Waals surface area contributed by atoms with Crippen LogP contribution in [0.1, 0.15) is 22.5 Å². The number of carbonyl (C=O) groups is 1. The summed E-state index contributed by atoms with van der Waals surface area (Å²) in [6, 6.07) is 12.3. The van der Waals surface area contributed by atoms with Crippen molar-refractivity contribution >= 4 is 5.91 Å². The summed E-state index contributed by atoms with van der Waals surface area (Å²) in [6.45, 7) is 4.02. The van der Waals surface area contributed by atoms with E-state index in [1.165, 1.54) is 5.56 Å². The summed E-state index contributed by atoms with van der Waals surface area (Å²) in [4.78, 5) is 14.3. The molecule has 2 N–H and O–H groups in total. The summed E-state index contributed by atoms with van der Waals surface area (Å²) in [5.41, 5.74) is 1.91. The van der Waals surface area contributed by atoms with Gasteiger partial charge >= 0.3 is 0 Å². The number of aromatic nitrogens is 2. The molecule has 1 amide bonds. The summed E-state index contributed by atoms with van der Waals surface area (Å²) < 4.78 is 0. The van der Waals surface area contributed by atoms with Gasteiger partial charge in [-0.05, 0) is 36.9 Å². The molecular weight excluding hydrogens is 276 g/mol. The van der Waals surface area contributed by atoms with Crippen LogP contribution in [0, 0.1) is 5.92 Å². The predicted octanol–water partition coefficient (Wildman–Crippen LogP) is 1.70. The van der Waals surface area contributed by atoms with Gasteiger partial charge in [-0.25, -0.2) is 0 Å². The fourth-order valence-corrected chi connectivity index (χ4v) is 2.93. The van der Waals surface area contributed by atoms with Gasteiger partial charge in [0, 0.05) is 25.8 Å². The average Bonchev–Trinajstić information content (AvgIpc) is 3.23. The van der Waals surface area contributed by atoms with Crippen LogP contribution < -0.4 is 5.32 Å². The van der Waals surface area contributed by atoms with Gasteiger partial charge in [0.15, 0.2) is 0 Å². The van der Waals surface area contributed by atoms with Crippen molar-refractivity contribution in [2.24, 2.45) is 5.92 Å². The van der Waals surface area contributed by atoms with Crippen LogP contribution in [0.4, 0.5) is 0 Å². The molecule has 0 spiro atoms. The maximum Gasteiger partial charge on any atom is 0.269 e. The number of nitrogens with zero attached hydrogens (tertiary/aromatic N) is 2. The second-order valence-electron chi connectivity index (χ2n) is 5.87. The first kappa shape index (κ1) is 14.8. The maximum absolute atomic E-state index is 11.9. The minimum Gasteiger partial charge on any atom is -0.350 e. The zero-order valence-corrected chi connectivity index (χ0v) is 12.7. The lowest BCUT2D eigenvalue weighted by atomic mass is 10.1. The number of benzene rings is 1. The third-order valence-corrected chi connectivity index (χ3v) is 4.23. The lowest BCUT2D eigenvalue weighted by Crippen LogP contribution is -2.31. The Morgan fingerprint density at radius 2 is 2.18 bits per heavy atom. The number of H-pyrrole nitrogens is 1. The second kappa shape index (κ2) is 7.22. The molecule has 116 valence electrons. The summed E-state index contributed by atoms with van der Waals surface area (Å²) >= 11 is 0. The van der Waals surface area contributed by atoms with Crippen molar-refractivity contribution in [2.75, 3.05) is 26.2 Å². The molecular formula is C17H22N4O. The van der Waals surface area contributed by atoms with Gasteiger partial charge < -0.3 is 10.2 Å². The molecule has 5 heteroatoms. The molecule has 1 aliphatic rings. The molecule has 2 aromatic rings. The number of rotatable bonds is 6. The van der Waals surface area contributed by atoms with Gasteiger partial charge in [-0.2, -0.15) is 5.10 Å². The molecule has 0 radical (unpaired) electrons. The van der Waals surface area contributed by atoms with E-state index in [0.717, 1.165) is 39.0 Å². The largest absolute Gasteiger partial charge is 0.350 e. The van der Waals surface area contributed by atoms with E-state index in [1.807, 2.05) is 0 Å². The van der Waals surface area contributed by atoms with E-state index in [1.54, 1.807) is 12.3 Å². The first-order valence-corrected chi connectivity index (χ1v) is 7.85. The molecule has 1 atom stereocenters. The first-order chi connectivity index (χ1) is 10.8. The van der Waals surface area contributed by atoms with Crippen LogP contribution >= 0.6 is 0 Å². The van der Waals surface area contributed by atoms with Gasteiger partial charge in [0.05, 0.1) is 0 Å². The normalized spacial score (nSPS) is 18.5. The number of nitrogens with one attached hydrogen (secondary N) is 2. The Hall–Kier alpha value is -2.14. The highest BCUT2D eigenvalue weighted by molar-refractivity contribution is 5.92. The van der Waals surface area contributed by atoms with Crippen molar-refractivity contribution in [3.63, 3.8) is 0 Å². The summed E-state index contributed by atoms with van der Waals surface area (Å²) in [7, 11) is 0. The monoisotopic (exact) mass is 298 g/mol. The van der Waals surface area contributed by atoms with Crippen LogP contribution in [0.2, 0.25) is 0 Å². The Morgan fingerprint density at radius 3 is 2.95 bits per heavy atom. The van der Waals surface area contributed by atoms with Gasteiger partial charge in [0.25, 0.3) is 5.91 Å². The van der Waals surface area contributed by atoms with Gasteiger partial charge in [0.2, 0.25) is 0 Å². The lowest BCUT2D eigenvalue weighted by Gasteiger charge is -2.16. The predicted molar refractivity (Wildman–Crippen MR) is 85.6 cm³/mol. The second-order valence-corrected chi connectivity index (χ2v) is 5.87. The van der Waals surface area contributed by atoms with Crippen LogP contribution in [0.5, 0.6) is 0 Å². The zero-order chi connectivity index (χ0) is 15.2. The van der Waals surface area contributed by atoms with Gasteiger partial charge in [-0.15, -0.1) is 0 Å². The Bertz CT molecular complexity index is 582. The van der Waals surface area contributed by atoms with Crippen LogP contribution in [-0.2, 0) is 6.42 Å². The zero-order valence-electron chi connectivity index (χ0n) is 12.7. The van der Waals surface area contributed by atoms with Crippen LogP contribution in [0.3, 0.4) is 0 Å². The van der Waals surface area contributed by atoms with Gasteiger partial charge in [-0.3, -0.25) is 9.89 Å². The maximum atomic E-state index is 11.9. The molecule has 1 aromatic heterocycles. The number of carbonyl (C=O) groups excluding carboxylic acids is 1. The molecule has 5 nitrogen and oxygen atoms in total. The molecule has 3 rings (SSSR count). The highest BCUT2D eigenvalue weighted by Crippen LogP contribution is 2.16. The number of hydrogen-bond acceptors (Lipinski definition) is 3. The molecule has 1 fully saturated rings. The molecule has 1 saturated heterocycles. The first-order valence-electron chi connectivity index (χ1n) is 7.85. The summed E-state index contributed by atoms with van der Waals surface area (Å²) in [6.07, 6.45) is 3.84. The van der Waals surface area contributed by atoms with Crippen molar-refractivity contribution in [2.45, 2.75) is 12.8 Å². The van der Waals surface area contributed by atoms with E-state index in [9.17, 15) is 4.79 Å². The molecule has 22 heavy (non-hydrogen) atoms. The van der Waals surface area contributed by atoms with Gasteiger partial charge in [0.1, 0.15) is 5.69 Å². The SMILES string of the molecule is O=C(NCC1CCN(CCc2ccccc2)C1)c1ccn[nH]1. The van der Waals surface area contributed by atoms with Crippen molar-refractivity contribution in [3.05, 3.63) is 53.9 Å². The minimum atomic E-state index is -0.0692. The molecule has 1 unspecified atom stereocenters. The van der Waals surface area contributed by atoms with Crippen LogP contribution in [-0.4, -0.2) is 47.2 Å². The number of aromatic amines is 1. The highest BCUT2D eigenvalue weighted by Gasteiger charge is 2.22. The van der Waals surface area contributed by atoms with Crippen LogP contribution in [0.25, 0.3) is 0 Å². The molecule has 2 heterocycles. The average molecular weight is 298 g/mol. The molecule has 0 saturated carbocycles. The van der Waals surface area contributed by atoms with Crippen LogP contribution in [0.15, 0.2) is 42.6 Å². The third-order valence-electron chi connectivity index (χ3n) is 4.23. The minimum absolute atomic E-state index is 0.0692. The van der Waals surface area contributed by atoms with Crippen molar-refractivity contribution in [3.8, 4) is 0 Å². The summed E-state index contributed by atoms with van der Waals surface area (Å²) in [5.74, 6) is 0.475. The fraction of sp³-hybridized carbons (Fsp3) is 0.412. The standard InChI is InChI=1S/C17H22N4O/c22-17(16-6-9-19-20-16)18-12-15-8-11-21(13-15)10-7-14-4-2-1-3-5-14/h1-6,9,15H,7-8,10-13H2,(H,18,22)(H,19,20). The summed E-state index contributed by atoms with van der Waals surface area (Å²) in [5, 5.41) is 9.47. The number of hydrogen-bond donors (Lipinski definition) is 2. The van der Waals surface area contributed by atoms with E-state index in [4.69, 9.17) is 0 Å². The fourth-order valence-electron chi connectivity index (χ4n) is 2.93. The van der Waals surface area contributed by atoms with E-state index < -0.39 is 0 Å². The lowest BCUT2D eigenvalue weighted by molar-refractivity contribution is 0.0942. The van der Waals surface area contributed by atoms with E-state index in [0.29, 0.717) is 11.6 Å². The van der Waals surface area contributed by atoms with Crippen molar-refractivity contribution in [1.29, 1.82) is 0 Å². The van der Waals surface area contributed by atoms with E-state index in [2.05, 4.69) is 50.7 Å². The third kappa shape index (κ3) is 3.95. The van der Waals surface area contributed by atoms with Gasteiger partial charge in [-0.1, -0.05) is 30.3 Å². The molecule has 1 aliphatic heterocycles. The Kier molecular flexibility index (Phi) is 4.85. The quantitative estimate of drug-likeness (QED) is 0.853. The van der Waals surface area contributed by atoms with Crippen molar-refractivity contribution < 1.29 is 4.79 Å². The molecule has 0 bridgehead atoms. The smallest absolute Gasteiger partial charge is 0.269 e. The highest BCUT2D eigenvalue weighted by atomic mass is 16.1. The number of amides is 1. The topological polar surface area (TPSA) is 61.0 Å². The molecule has 1 aromatic carbocycles.